The van der Waals surface area contributed by atoms with Gasteiger partial charge in [-0.3, -0.25) is 4.68 Å². The van der Waals surface area contributed by atoms with Crippen LogP contribution in [-0.4, -0.2) is 16.3 Å². The largest absolute Gasteiger partial charge is 0.310 e. The van der Waals surface area contributed by atoms with Crippen molar-refractivity contribution in [1.82, 2.24) is 15.1 Å². The summed E-state index contributed by atoms with van der Waals surface area (Å²) in [5, 5.41) is 8.42. The minimum atomic E-state index is 0.443. The van der Waals surface area contributed by atoms with Crippen LogP contribution in [0, 0.1) is 0 Å². The lowest BCUT2D eigenvalue weighted by atomic mass is 9.99. The average molecular weight is 251 g/mol. The summed E-state index contributed by atoms with van der Waals surface area (Å²) in [5.74, 6) is 0. The van der Waals surface area contributed by atoms with Gasteiger partial charge >= 0.3 is 0 Å². The number of rotatable bonds is 7. The van der Waals surface area contributed by atoms with Gasteiger partial charge in [-0.15, -0.1) is 0 Å². The summed E-state index contributed by atoms with van der Waals surface area (Å²) >= 11 is 0. The van der Waals surface area contributed by atoms with Crippen LogP contribution in [0.4, 0.5) is 0 Å². The van der Waals surface area contributed by atoms with Crippen LogP contribution in [0.1, 0.15) is 77.0 Å². The number of hydrogen-bond donors (Lipinski definition) is 1. The second-order valence-corrected chi connectivity index (χ2v) is 5.07. The fraction of sp³-hybridized carbons (Fsp3) is 0.800. The molecule has 3 heteroatoms. The van der Waals surface area contributed by atoms with E-state index in [4.69, 9.17) is 5.10 Å². The van der Waals surface area contributed by atoms with Gasteiger partial charge in [0.15, 0.2) is 0 Å². The maximum atomic E-state index is 4.83. The highest BCUT2D eigenvalue weighted by Gasteiger charge is 2.22. The molecule has 104 valence electrons. The Balaban J connectivity index is 3.29. The first-order chi connectivity index (χ1) is 8.60. The van der Waals surface area contributed by atoms with Gasteiger partial charge in [0.1, 0.15) is 0 Å². The maximum Gasteiger partial charge on any atom is 0.0672 e. The third-order valence-electron chi connectivity index (χ3n) is 3.49. The van der Waals surface area contributed by atoms with Gasteiger partial charge in [0.2, 0.25) is 0 Å². The molecular formula is C15H29N3. The molecule has 0 aromatic carbocycles. The highest BCUT2D eigenvalue weighted by molar-refractivity contribution is 5.30. The summed E-state index contributed by atoms with van der Waals surface area (Å²) in [5.41, 5.74) is 4.14. The molecular weight excluding hydrogens is 222 g/mol. The van der Waals surface area contributed by atoms with Crippen LogP contribution in [0.15, 0.2) is 0 Å². The summed E-state index contributed by atoms with van der Waals surface area (Å²) < 4.78 is 2.22. The zero-order valence-electron chi connectivity index (χ0n) is 12.9. The summed E-state index contributed by atoms with van der Waals surface area (Å²) in [4.78, 5) is 0. The van der Waals surface area contributed by atoms with Crippen LogP contribution in [-0.2, 0) is 12.8 Å². The maximum absolute atomic E-state index is 4.83. The van der Waals surface area contributed by atoms with Crippen LogP contribution in [0.5, 0.6) is 0 Å². The first-order valence-corrected chi connectivity index (χ1v) is 7.43. The molecule has 0 aliphatic carbocycles. The fourth-order valence-corrected chi connectivity index (χ4v) is 2.67. The summed E-state index contributed by atoms with van der Waals surface area (Å²) in [7, 11) is 0. The van der Waals surface area contributed by atoms with Gasteiger partial charge in [-0.05, 0) is 39.7 Å². The Kier molecular flexibility index (Phi) is 5.86. The van der Waals surface area contributed by atoms with E-state index in [0.717, 1.165) is 25.8 Å². The van der Waals surface area contributed by atoms with Crippen molar-refractivity contribution in [2.45, 2.75) is 72.9 Å². The molecule has 1 rings (SSSR count). The van der Waals surface area contributed by atoms with Crippen molar-refractivity contribution in [3.8, 4) is 0 Å². The number of aryl methyl sites for hydroxylation is 1. The zero-order valence-corrected chi connectivity index (χ0v) is 12.9. The first-order valence-electron chi connectivity index (χ1n) is 7.43. The van der Waals surface area contributed by atoms with E-state index in [2.05, 4.69) is 51.5 Å². The Morgan fingerprint density at radius 1 is 1.11 bits per heavy atom. The molecule has 0 radical (unpaired) electrons. The Morgan fingerprint density at radius 2 is 1.78 bits per heavy atom. The van der Waals surface area contributed by atoms with E-state index in [0.29, 0.717) is 12.1 Å². The predicted molar refractivity (Wildman–Crippen MR) is 78.1 cm³/mol. The molecule has 1 aromatic rings. The molecule has 1 N–H and O–H groups in total. The van der Waals surface area contributed by atoms with E-state index in [1.54, 1.807) is 0 Å². The Labute approximate surface area is 112 Å². The highest BCUT2D eigenvalue weighted by Crippen LogP contribution is 2.27. The minimum Gasteiger partial charge on any atom is -0.310 e. The lowest BCUT2D eigenvalue weighted by Crippen LogP contribution is -2.22. The van der Waals surface area contributed by atoms with Crippen molar-refractivity contribution in [3.63, 3.8) is 0 Å². The molecule has 18 heavy (non-hydrogen) atoms. The van der Waals surface area contributed by atoms with Crippen LogP contribution in [0.2, 0.25) is 0 Å². The summed E-state index contributed by atoms with van der Waals surface area (Å²) in [6.45, 7) is 14.3. The van der Waals surface area contributed by atoms with Crippen LogP contribution in [0.25, 0.3) is 0 Å². The van der Waals surface area contributed by atoms with Gasteiger partial charge in [0.05, 0.1) is 5.69 Å². The van der Waals surface area contributed by atoms with Crippen LogP contribution in [0.3, 0.4) is 0 Å². The van der Waals surface area contributed by atoms with Crippen LogP contribution >= 0.6 is 0 Å². The van der Waals surface area contributed by atoms with E-state index < -0.39 is 0 Å². The molecule has 1 heterocycles. The van der Waals surface area contributed by atoms with Crippen molar-refractivity contribution in [2.75, 3.05) is 6.54 Å². The molecule has 1 aromatic heterocycles. The number of nitrogens with one attached hydrogen (secondary N) is 1. The van der Waals surface area contributed by atoms with E-state index in [9.17, 15) is 0 Å². The molecule has 0 amide bonds. The minimum absolute atomic E-state index is 0.443. The average Bonchev–Trinajstić information content (AvgIpc) is 2.74. The number of hydrogen-bond acceptors (Lipinski definition) is 2. The lowest BCUT2D eigenvalue weighted by molar-refractivity contribution is 0.498. The van der Waals surface area contributed by atoms with Crippen molar-refractivity contribution in [1.29, 1.82) is 0 Å². The van der Waals surface area contributed by atoms with Gasteiger partial charge in [0.25, 0.3) is 0 Å². The monoisotopic (exact) mass is 251 g/mol. The second kappa shape index (κ2) is 6.93. The topological polar surface area (TPSA) is 29.9 Å². The van der Waals surface area contributed by atoms with Gasteiger partial charge in [-0.25, -0.2) is 0 Å². The van der Waals surface area contributed by atoms with E-state index >= 15 is 0 Å². The highest BCUT2D eigenvalue weighted by atomic mass is 15.3. The summed E-state index contributed by atoms with van der Waals surface area (Å²) in [6, 6.07) is 0.894. The molecule has 0 saturated carbocycles. The second-order valence-electron chi connectivity index (χ2n) is 5.07. The van der Waals surface area contributed by atoms with Gasteiger partial charge in [-0.2, -0.15) is 5.10 Å². The Bertz CT molecular complexity index is 366. The molecule has 1 atom stereocenters. The number of aromatic nitrogens is 2. The third kappa shape index (κ3) is 2.94. The molecule has 0 fully saturated rings. The third-order valence-corrected chi connectivity index (χ3v) is 3.49. The van der Waals surface area contributed by atoms with E-state index in [1.165, 1.54) is 17.0 Å². The normalized spacial score (nSPS) is 13.3. The molecule has 0 aliphatic heterocycles. The SMILES string of the molecule is CCNC(CC)c1c(CC)nn(C(C)C)c1CC. The number of nitrogens with zero attached hydrogens (tertiary/aromatic N) is 2. The molecule has 0 aliphatic rings. The van der Waals surface area contributed by atoms with Crippen molar-refractivity contribution in [2.24, 2.45) is 0 Å². The molecule has 0 saturated heterocycles. The van der Waals surface area contributed by atoms with Crippen LogP contribution < -0.4 is 5.32 Å². The zero-order chi connectivity index (χ0) is 13.7. The van der Waals surface area contributed by atoms with Gasteiger partial charge in [-0.1, -0.05) is 27.7 Å². The quantitative estimate of drug-likeness (QED) is 0.801. The molecule has 0 bridgehead atoms. The van der Waals surface area contributed by atoms with Crippen molar-refractivity contribution in [3.05, 3.63) is 17.0 Å². The van der Waals surface area contributed by atoms with E-state index in [1.807, 2.05) is 0 Å². The summed E-state index contributed by atoms with van der Waals surface area (Å²) in [6.07, 6.45) is 3.20. The lowest BCUT2D eigenvalue weighted by Gasteiger charge is -2.19. The van der Waals surface area contributed by atoms with Crippen molar-refractivity contribution >= 4 is 0 Å². The predicted octanol–water partition coefficient (Wildman–Crippen LogP) is 3.65. The fourth-order valence-electron chi connectivity index (χ4n) is 2.67. The van der Waals surface area contributed by atoms with Crippen molar-refractivity contribution < 1.29 is 0 Å². The Morgan fingerprint density at radius 3 is 2.17 bits per heavy atom. The molecule has 3 nitrogen and oxygen atoms in total. The Hall–Kier alpha value is -0.830. The van der Waals surface area contributed by atoms with Gasteiger partial charge in [0, 0.05) is 23.3 Å². The molecule has 0 spiro atoms. The first kappa shape index (κ1) is 15.2. The van der Waals surface area contributed by atoms with E-state index in [-0.39, 0.29) is 0 Å². The van der Waals surface area contributed by atoms with Gasteiger partial charge < -0.3 is 5.32 Å². The molecule has 1 unspecified atom stereocenters. The standard InChI is InChI=1S/C15H29N3/c1-7-12(16-10-4)15-13(8-2)17-18(11(5)6)14(15)9-3/h11-12,16H,7-10H2,1-6H3. The smallest absolute Gasteiger partial charge is 0.0672 e.